The normalized spacial score (nSPS) is 12.0. The van der Waals surface area contributed by atoms with Crippen LogP contribution in [0.15, 0.2) is 66.7 Å². The van der Waals surface area contributed by atoms with Gasteiger partial charge in [0.05, 0.1) is 11.9 Å². The van der Waals surface area contributed by atoms with E-state index in [1.165, 1.54) is 4.90 Å². The summed E-state index contributed by atoms with van der Waals surface area (Å²) in [5.74, 6) is -3.09. The monoisotopic (exact) mass is 639 g/mol. The van der Waals surface area contributed by atoms with Crippen LogP contribution >= 0.6 is 23.2 Å². The van der Waals surface area contributed by atoms with Crippen LogP contribution in [0.5, 0.6) is 0 Å². The van der Waals surface area contributed by atoms with E-state index in [4.69, 9.17) is 23.2 Å². The standard InChI is InChI=1S/C30H33Cl2F2N3O4S/c1-3-16-35-30(39)28(18-21-9-5-4-6-10-21)36(20-23-24(31)11-7-12-25(23)32)29(38)13-8-17-37(42(2,40)41)22-14-15-26(33)27(34)19-22/h4-7,9-12,14-15,19,28H,3,8,13,16-18,20H2,1-2H3,(H,35,39)/t28-/m1/s1. The summed E-state index contributed by atoms with van der Waals surface area (Å²) in [6.07, 6.45) is 1.74. The third-order valence-corrected chi connectivity index (χ3v) is 8.46. The fraction of sp³-hybridized carbons (Fsp3) is 0.333. The van der Waals surface area contributed by atoms with Crippen LogP contribution in [0.3, 0.4) is 0 Å². The summed E-state index contributed by atoms with van der Waals surface area (Å²) in [7, 11) is -3.89. The van der Waals surface area contributed by atoms with Crippen molar-refractivity contribution in [3.63, 3.8) is 0 Å². The van der Waals surface area contributed by atoms with E-state index < -0.39 is 33.6 Å². The van der Waals surface area contributed by atoms with Crippen LogP contribution in [0, 0.1) is 11.6 Å². The predicted octanol–water partition coefficient (Wildman–Crippen LogP) is 5.98. The molecule has 12 heteroatoms. The van der Waals surface area contributed by atoms with Gasteiger partial charge in [0.25, 0.3) is 0 Å². The average Bonchev–Trinajstić information content (AvgIpc) is 2.94. The lowest BCUT2D eigenvalue weighted by molar-refractivity contribution is -0.141. The fourth-order valence-electron chi connectivity index (χ4n) is 4.42. The first-order valence-electron chi connectivity index (χ1n) is 13.4. The van der Waals surface area contributed by atoms with E-state index >= 15 is 0 Å². The molecule has 0 saturated heterocycles. The Bertz CT molecular complexity index is 1470. The molecule has 0 aliphatic carbocycles. The number of nitrogens with one attached hydrogen (secondary N) is 1. The molecule has 226 valence electrons. The summed E-state index contributed by atoms with van der Waals surface area (Å²) >= 11 is 12.9. The number of sulfonamides is 1. The molecule has 3 rings (SSSR count). The Labute approximate surface area is 255 Å². The zero-order valence-corrected chi connectivity index (χ0v) is 25.7. The van der Waals surface area contributed by atoms with E-state index in [1.807, 2.05) is 37.3 Å². The SMILES string of the molecule is CCCNC(=O)[C@@H](Cc1ccccc1)N(Cc1c(Cl)cccc1Cl)C(=O)CCCN(c1ccc(F)c(F)c1)S(C)(=O)=O. The smallest absolute Gasteiger partial charge is 0.243 e. The predicted molar refractivity (Wildman–Crippen MR) is 162 cm³/mol. The summed E-state index contributed by atoms with van der Waals surface area (Å²) in [4.78, 5) is 28.7. The fourth-order valence-corrected chi connectivity index (χ4v) is 5.89. The summed E-state index contributed by atoms with van der Waals surface area (Å²) in [5, 5.41) is 3.53. The first-order chi connectivity index (χ1) is 19.9. The molecule has 0 spiro atoms. The van der Waals surface area contributed by atoms with Gasteiger partial charge in [0.1, 0.15) is 6.04 Å². The second-order valence-electron chi connectivity index (χ2n) is 9.76. The van der Waals surface area contributed by atoms with Gasteiger partial charge in [-0.1, -0.05) is 66.5 Å². The number of rotatable bonds is 14. The number of carbonyl (C=O) groups excluding carboxylic acids is 2. The van der Waals surface area contributed by atoms with Crippen molar-refractivity contribution in [3.05, 3.63) is 99.5 Å². The van der Waals surface area contributed by atoms with Gasteiger partial charge in [0.2, 0.25) is 21.8 Å². The highest BCUT2D eigenvalue weighted by Crippen LogP contribution is 2.28. The molecule has 2 amide bonds. The minimum absolute atomic E-state index is 0.0340. The number of benzene rings is 3. The van der Waals surface area contributed by atoms with E-state index in [0.29, 0.717) is 28.6 Å². The van der Waals surface area contributed by atoms with E-state index in [1.54, 1.807) is 18.2 Å². The Morgan fingerprint density at radius 3 is 2.21 bits per heavy atom. The van der Waals surface area contributed by atoms with Crippen molar-refractivity contribution >= 4 is 50.7 Å². The maximum absolute atomic E-state index is 13.9. The van der Waals surface area contributed by atoms with Crippen LogP contribution in [0.25, 0.3) is 0 Å². The van der Waals surface area contributed by atoms with Gasteiger partial charge in [-0.25, -0.2) is 17.2 Å². The molecule has 0 saturated carbocycles. The zero-order chi connectivity index (χ0) is 30.9. The number of nitrogens with zero attached hydrogens (tertiary/aromatic N) is 2. The second kappa shape index (κ2) is 15.3. The molecule has 3 aromatic rings. The maximum Gasteiger partial charge on any atom is 0.243 e. The highest BCUT2D eigenvalue weighted by molar-refractivity contribution is 7.92. The summed E-state index contributed by atoms with van der Waals surface area (Å²) in [6.45, 7) is 2.09. The van der Waals surface area contributed by atoms with Crippen LogP contribution in [0.2, 0.25) is 10.0 Å². The number of halogens is 4. The Balaban J connectivity index is 1.92. The Morgan fingerprint density at radius 2 is 1.62 bits per heavy atom. The van der Waals surface area contributed by atoms with Gasteiger partial charge < -0.3 is 10.2 Å². The Morgan fingerprint density at radius 1 is 0.952 bits per heavy atom. The summed E-state index contributed by atoms with van der Waals surface area (Å²) in [6, 6.07) is 16.1. The van der Waals surface area contributed by atoms with Crippen molar-refractivity contribution < 1.29 is 26.8 Å². The minimum Gasteiger partial charge on any atom is -0.354 e. The van der Waals surface area contributed by atoms with Crippen LogP contribution in [-0.4, -0.2) is 50.5 Å². The third-order valence-electron chi connectivity index (χ3n) is 6.55. The van der Waals surface area contributed by atoms with Gasteiger partial charge in [-0.3, -0.25) is 13.9 Å². The molecule has 0 bridgehead atoms. The molecule has 0 aliphatic heterocycles. The largest absolute Gasteiger partial charge is 0.354 e. The molecule has 0 aromatic heterocycles. The Hall–Kier alpha value is -3.21. The number of anilines is 1. The van der Waals surface area contributed by atoms with Crippen molar-refractivity contribution in [2.24, 2.45) is 0 Å². The molecule has 1 atom stereocenters. The number of hydrogen-bond acceptors (Lipinski definition) is 4. The molecule has 0 unspecified atom stereocenters. The van der Waals surface area contributed by atoms with Crippen molar-refractivity contribution in [1.82, 2.24) is 10.2 Å². The quantitative estimate of drug-likeness (QED) is 0.235. The molecular formula is C30H33Cl2F2N3O4S. The van der Waals surface area contributed by atoms with Gasteiger partial charge >= 0.3 is 0 Å². The molecule has 7 nitrogen and oxygen atoms in total. The molecule has 3 aromatic carbocycles. The topological polar surface area (TPSA) is 86.8 Å². The van der Waals surface area contributed by atoms with E-state index in [0.717, 1.165) is 34.3 Å². The molecule has 0 aliphatic rings. The third kappa shape index (κ3) is 9.14. The second-order valence-corrected chi connectivity index (χ2v) is 12.5. The highest BCUT2D eigenvalue weighted by atomic mass is 35.5. The van der Waals surface area contributed by atoms with E-state index in [2.05, 4.69) is 5.32 Å². The van der Waals surface area contributed by atoms with Crippen molar-refractivity contribution in [3.8, 4) is 0 Å². The number of hydrogen-bond donors (Lipinski definition) is 1. The van der Waals surface area contributed by atoms with Crippen LogP contribution < -0.4 is 9.62 Å². The van der Waals surface area contributed by atoms with Gasteiger partial charge in [0.15, 0.2) is 11.6 Å². The lowest BCUT2D eigenvalue weighted by Gasteiger charge is -2.32. The van der Waals surface area contributed by atoms with E-state index in [-0.39, 0.29) is 43.9 Å². The van der Waals surface area contributed by atoms with Crippen LogP contribution in [-0.2, 0) is 32.6 Å². The lowest BCUT2D eigenvalue weighted by atomic mass is 10.0. The molecule has 0 radical (unpaired) electrons. The highest BCUT2D eigenvalue weighted by Gasteiger charge is 2.31. The Kier molecular flexibility index (Phi) is 12.1. The number of carbonyl (C=O) groups is 2. The van der Waals surface area contributed by atoms with Gasteiger partial charge in [-0.15, -0.1) is 0 Å². The minimum atomic E-state index is -3.89. The van der Waals surface area contributed by atoms with Crippen LogP contribution in [0.4, 0.5) is 14.5 Å². The van der Waals surface area contributed by atoms with Gasteiger partial charge in [-0.2, -0.15) is 0 Å². The molecule has 42 heavy (non-hydrogen) atoms. The average molecular weight is 641 g/mol. The lowest BCUT2D eigenvalue weighted by Crippen LogP contribution is -2.50. The molecule has 0 heterocycles. The first-order valence-corrected chi connectivity index (χ1v) is 16.0. The number of amides is 2. The summed E-state index contributed by atoms with van der Waals surface area (Å²) < 4.78 is 53.2. The van der Waals surface area contributed by atoms with E-state index in [9.17, 15) is 26.8 Å². The molecule has 0 fully saturated rings. The maximum atomic E-state index is 13.9. The summed E-state index contributed by atoms with van der Waals surface area (Å²) in [5.41, 5.74) is 1.23. The van der Waals surface area contributed by atoms with Crippen molar-refractivity contribution in [1.29, 1.82) is 0 Å². The van der Waals surface area contributed by atoms with Gasteiger partial charge in [-0.05, 0) is 42.7 Å². The zero-order valence-electron chi connectivity index (χ0n) is 23.3. The first kappa shape index (κ1) is 33.3. The van der Waals surface area contributed by atoms with Crippen molar-refractivity contribution in [2.45, 2.75) is 45.2 Å². The van der Waals surface area contributed by atoms with Crippen molar-refractivity contribution in [2.75, 3.05) is 23.7 Å². The molecular weight excluding hydrogens is 607 g/mol. The molecule has 1 N–H and O–H groups in total. The van der Waals surface area contributed by atoms with Crippen LogP contribution in [0.1, 0.15) is 37.3 Å². The van der Waals surface area contributed by atoms with Gasteiger partial charge in [0, 0.05) is 54.2 Å².